The molecule has 34 heavy (non-hydrogen) atoms. The molecule has 0 unspecified atom stereocenters. The number of hydrogen-bond acceptors (Lipinski definition) is 7. The van der Waals surface area contributed by atoms with E-state index in [1.54, 1.807) is 0 Å². The first-order valence-electron chi connectivity index (χ1n) is 13.5. The molecule has 0 aliphatic rings. The Balaban J connectivity index is 2.99. The molecule has 0 aliphatic carbocycles. The SMILES string of the molecule is CCCCCCCCOCCOCCOCCOCCOCCOCCOCCCCCCCl. The van der Waals surface area contributed by atoms with Gasteiger partial charge in [-0.1, -0.05) is 51.9 Å². The van der Waals surface area contributed by atoms with Crippen LogP contribution in [0.5, 0.6) is 0 Å². The van der Waals surface area contributed by atoms with Gasteiger partial charge in [0.15, 0.2) is 0 Å². The van der Waals surface area contributed by atoms with E-state index in [2.05, 4.69) is 6.92 Å². The van der Waals surface area contributed by atoms with E-state index in [1.807, 2.05) is 0 Å². The molecule has 0 fully saturated rings. The van der Waals surface area contributed by atoms with E-state index in [-0.39, 0.29) is 0 Å². The molecule has 0 spiro atoms. The zero-order valence-electron chi connectivity index (χ0n) is 21.9. The Labute approximate surface area is 214 Å². The van der Waals surface area contributed by atoms with Gasteiger partial charge in [0, 0.05) is 19.1 Å². The highest BCUT2D eigenvalue weighted by Gasteiger charge is 1.96. The summed E-state index contributed by atoms with van der Waals surface area (Å²) in [5.74, 6) is 0.753. The largest absolute Gasteiger partial charge is 0.379 e. The van der Waals surface area contributed by atoms with Crippen LogP contribution < -0.4 is 0 Å². The second-order valence-electron chi connectivity index (χ2n) is 8.16. The summed E-state index contributed by atoms with van der Waals surface area (Å²) in [5, 5.41) is 0. The van der Waals surface area contributed by atoms with Gasteiger partial charge < -0.3 is 33.2 Å². The number of unbranched alkanes of at least 4 members (excludes halogenated alkanes) is 8. The first kappa shape index (κ1) is 34.0. The van der Waals surface area contributed by atoms with E-state index >= 15 is 0 Å². The zero-order chi connectivity index (χ0) is 24.6. The second kappa shape index (κ2) is 33.0. The van der Waals surface area contributed by atoms with Crippen molar-refractivity contribution in [2.45, 2.75) is 71.1 Å². The van der Waals surface area contributed by atoms with Crippen LogP contribution in [0.4, 0.5) is 0 Å². The summed E-state index contributed by atoms with van der Waals surface area (Å²) in [6, 6.07) is 0. The predicted molar refractivity (Wildman–Crippen MR) is 138 cm³/mol. The van der Waals surface area contributed by atoms with Gasteiger partial charge in [-0.25, -0.2) is 0 Å². The van der Waals surface area contributed by atoms with E-state index in [4.69, 9.17) is 44.8 Å². The summed E-state index contributed by atoms with van der Waals surface area (Å²) >= 11 is 5.64. The molecule has 0 saturated carbocycles. The molecule has 0 atom stereocenters. The Kier molecular flexibility index (Phi) is 33.0. The molecule has 0 N–H and O–H groups in total. The number of halogens is 1. The third-order valence-electron chi connectivity index (χ3n) is 5.05. The fraction of sp³-hybridized carbons (Fsp3) is 1.00. The van der Waals surface area contributed by atoms with Gasteiger partial charge in [-0.2, -0.15) is 0 Å². The Morgan fingerprint density at radius 2 is 0.588 bits per heavy atom. The van der Waals surface area contributed by atoms with Crippen LogP contribution in [-0.4, -0.2) is 98.4 Å². The monoisotopic (exact) mass is 512 g/mol. The van der Waals surface area contributed by atoms with E-state index in [0.717, 1.165) is 38.4 Å². The number of alkyl halides is 1. The van der Waals surface area contributed by atoms with Gasteiger partial charge in [0.2, 0.25) is 0 Å². The molecular formula is C26H53ClO7. The van der Waals surface area contributed by atoms with Crippen LogP contribution in [0.3, 0.4) is 0 Å². The lowest BCUT2D eigenvalue weighted by Gasteiger charge is -2.08. The maximum Gasteiger partial charge on any atom is 0.0701 e. The van der Waals surface area contributed by atoms with Crippen LogP contribution in [0, 0.1) is 0 Å². The summed E-state index contributed by atoms with van der Waals surface area (Å²) in [6.07, 6.45) is 12.3. The number of ether oxygens (including phenoxy) is 7. The molecule has 0 aliphatic heterocycles. The maximum atomic E-state index is 5.64. The van der Waals surface area contributed by atoms with Crippen molar-refractivity contribution >= 4 is 11.6 Å². The fourth-order valence-corrected chi connectivity index (χ4v) is 3.25. The summed E-state index contributed by atoms with van der Waals surface area (Å²) in [6.45, 7) is 10.9. The normalized spacial score (nSPS) is 11.5. The minimum absolute atomic E-state index is 0.558. The Hall–Kier alpha value is 0.01000. The van der Waals surface area contributed by atoms with Gasteiger partial charge >= 0.3 is 0 Å². The van der Waals surface area contributed by atoms with E-state index < -0.39 is 0 Å². The molecule has 0 aromatic carbocycles. The van der Waals surface area contributed by atoms with E-state index in [1.165, 1.54) is 44.9 Å². The van der Waals surface area contributed by atoms with Gasteiger partial charge in [0.25, 0.3) is 0 Å². The molecular weight excluding hydrogens is 460 g/mol. The van der Waals surface area contributed by atoms with Gasteiger partial charge in [-0.05, 0) is 19.3 Å². The highest BCUT2D eigenvalue weighted by Crippen LogP contribution is 2.04. The zero-order valence-corrected chi connectivity index (χ0v) is 22.7. The molecule has 8 heteroatoms. The summed E-state index contributed by atoms with van der Waals surface area (Å²) in [5.41, 5.74) is 0. The predicted octanol–water partition coefficient (Wildman–Crippen LogP) is 5.26. The maximum absolute atomic E-state index is 5.64. The van der Waals surface area contributed by atoms with Crippen LogP contribution in [0.2, 0.25) is 0 Å². The standard InChI is InChI=1S/C26H53ClO7/c1-2-3-4-5-7-10-13-28-15-17-30-19-21-32-23-25-34-26-24-33-22-20-31-18-16-29-14-11-8-6-9-12-27/h2-26H2,1H3. The highest BCUT2D eigenvalue weighted by atomic mass is 35.5. The fourth-order valence-electron chi connectivity index (χ4n) is 3.06. The van der Waals surface area contributed by atoms with Crippen molar-refractivity contribution in [2.75, 3.05) is 98.4 Å². The van der Waals surface area contributed by atoms with Gasteiger partial charge in [0.05, 0.1) is 79.3 Å². The van der Waals surface area contributed by atoms with Gasteiger partial charge in [-0.3, -0.25) is 0 Å². The van der Waals surface area contributed by atoms with E-state index in [0.29, 0.717) is 79.3 Å². The molecule has 0 aromatic heterocycles. The molecule has 0 aromatic rings. The van der Waals surface area contributed by atoms with Crippen molar-refractivity contribution in [3.05, 3.63) is 0 Å². The Morgan fingerprint density at radius 1 is 0.324 bits per heavy atom. The van der Waals surface area contributed by atoms with Crippen molar-refractivity contribution in [3.8, 4) is 0 Å². The van der Waals surface area contributed by atoms with Gasteiger partial charge in [-0.15, -0.1) is 11.6 Å². The first-order chi connectivity index (χ1) is 16.9. The van der Waals surface area contributed by atoms with Crippen molar-refractivity contribution in [1.29, 1.82) is 0 Å². The number of rotatable bonds is 31. The quantitative estimate of drug-likeness (QED) is 0.0926. The van der Waals surface area contributed by atoms with Crippen LogP contribution in [-0.2, 0) is 33.2 Å². The number of hydrogen-bond donors (Lipinski definition) is 0. The summed E-state index contributed by atoms with van der Waals surface area (Å²) < 4.78 is 38.5. The molecule has 206 valence electrons. The molecule has 7 nitrogen and oxygen atoms in total. The van der Waals surface area contributed by atoms with Crippen molar-refractivity contribution in [1.82, 2.24) is 0 Å². The first-order valence-corrected chi connectivity index (χ1v) is 14.1. The van der Waals surface area contributed by atoms with Crippen LogP contribution in [0.25, 0.3) is 0 Å². The molecule has 0 heterocycles. The summed E-state index contributed by atoms with van der Waals surface area (Å²) in [7, 11) is 0. The van der Waals surface area contributed by atoms with Gasteiger partial charge in [0.1, 0.15) is 0 Å². The summed E-state index contributed by atoms with van der Waals surface area (Å²) in [4.78, 5) is 0. The lowest BCUT2D eigenvalue weighted by Crippen LogP contribution is -2.14. The van der Waals surface area contributed by atoms with Crippen molar-refractivity contribution < 1.29 is 33.2 Å². The van der Waals surface area contributed by atoms with Crippen LogP contribution in [0.15, 0.2) is 0 Å². The molecule has 0 bridgehead atoms. The topological polar surface area (TPSA) is 64.6 Å². The Morgan fingerprint density at radius 3 is 0.912 bits per heavy atom. The molecule has 0 rings (SSSR count). The molecule has 0 radical (unpaired) electrons. The average molecular weight is 513 g/mol. The van der Waals surface area contributed by atoms with Crippen LogP contribution >= 0.6 is 11.6 Å². The second-order valence-corrected chi connectivity index (χ2v) is 8.54. The minimum Gasteiger partial charge on any atom is -0.379 e. The lowest BCUT2D eigenvalue weighted by molar-refractivity contribution is -0.0206. The smallest absolute Gasteiger partial charge is 0.0701 e. The van der Waals surface area contributed by atoms with Crippen molar-refractivity contribution in [3.63, 3.8) is 0 Å². The Bertz CT molecular complexity index is 319. The van der Waals surface area contributed by atoms with E-state index in [9.17, 15) is 0 Å². The van der Waals surface area contributed by atoms with Crippen molar-refractivity contribution in [2.24, 2.45) is 0 Å². The minimum atomic E-state index is 0.558. The molecule has 0 saturated heterocycles. The van der Waals surface area contributed by atoms with Crippen LogP contribution in [0.1, 0.15) is 71.1 Å². The molecule has 0 amide bonds. The highest BCUT2D eigenvalue weighted by molar-refractivity contribution is 6.17. The lowest BCUT2D eigenvalue weighted by atomic mass is 10.1. The third-order valence-corrected chi connectivity index (χ3v) is 5.31. The third kappa shape index (κ3) is 32.0. The average Bonchev–Trinajstić information content (AvgIpc) is 2.85.